The lowest BCUT2D eigenvalue weighted by Gasteiger charge is -2.33. The number of nitrogens with two attached hydrogens (primary N) is 1. The van der Waals surface area contributed by atoms with E-state index in [4.69, 9.17) is 10.8 Å². The molecule has 0 unspecified atom stereocenters. The number of carbonyl (C=O) groups is 2. The van der Waals surface area contributed by atoms with Crippen LogP contribution < -0.4 is 10.6 Å². The highest BCUT2D eigenvalue weighted by Gasteiger charge is 2.24. The van der Waals surface area contributed by atoms with Gasteiger partial charge in [-0.3, -0.25) is 4.79 Å². The lowest BCUT2D eigenvalue weighted by atomic mass is 9.95. The number of aliphatic carboxylic acids is 1. The number of carbonyl (C=O) groups excluding carboxylic acids is 1. The van der Waals surface area contributed by atoms with Gasteiger partial charge in [0.05, 0.1) is 0 Å². The molecule has 1 aliphatic rings. The predicted octanol–water partition coefficient (Wildman–Crippen LogP) is 1.63. The van der Waals surface area contributed by atoms with Gasteiger partial charge in [0.2, 0.25) is 5.91 Å². The maximum atomic E-state index is 13.9. The van der Waals surface area contributed by atoms with E-state index in [1.54, 1.807) is 12.1 Å². The van der Waals surface area contributed by atoms with Crippen molar-refractivity contribution in [3.05, 3.63) is 35.7 Å². The smallest absolute Gasteiger partial charge is 0.328 e. The summed E-state index contributed by atoms with van der Waals surface area (Å²) in [6.45, 7) is 1.18. The third-order valence-corrected chi connectivity index (χ3v) is 3.66. The van der Waals surface area contributed by atoms with Crippen LogP contribution in [0.1, 0.15) is 18.4 Å². The van der Waals surface area contributed by atoms with Crippen molar-refractivity contribution in [1.82, 2.24) is 0 Å². The minimum Gasteiger partial charge on any atom is -0.478 e. The summed E-state index contributed by atoms with van der Waals surface area (Å²) in [6.07, 6.45) is 3.41. The monoisotopic (exact) mass is 292 g/mol. The van der Waals surface area contributed by atoms with Gasteiger partial charge in [0.15, 0.2) is 0 Å². The van der Waals surface area contributed by atoms with Gasteiger partial charge in [0.25, 0.3) is 0 Å². The molecule has 0 saturated carbocycles. The van der Waals surface area contributed by atoms with E-state index in [0.29, 0.717) is 31.6 Å². The SMILES string of the molecule is NC(=O)C1CCN(c2cccc(F)c2/C=C/C(=O)O)CC1. The Balaban J connectivity index is 2.22. The molecule has 3 N–H and O–H groups in total. The lowest BCUT2D eigenvalue weighted by Crippen LogP contribution is -2.38. The molecule has 0 aromatic heterocycles. The molecule has 112 valence electrons. The first kappa shape index (κ1) is 15.0. The van der Waals surface area contributed by atoms with Gasteiger partial charge >= 0.3 is 5.97 Å². The zero-order chi connectivity index (χ0) is 15.4. The van der Waals surface area contributed by atoms with Gasteiger partial charge in [-0.1, -0.05) is 6.07 Å². The van der Waals surface area contributed by atoms with Crippen LogP contribution in [0.2, 0.25) is 0 Å². The van der Waals surface area contributed by atoms with E-state index in [1.165, 1.54) is 12.1 Å². The molecule has 1 aliphatic heterocycles. The van der Waals surface area contributed by atoms with Gasteiger partial charge in [-0.25, -0.2) is 9.18 Å². The first-order chi connectivity index (χ1) is 9.99. The number of carboxylic acid groups (broad SMARTS) is 1. The second kappa shape index (κ2) is 6.39. The minimum atomic E-state index is -1.13. The average Bonchev–Trinajstić information content (AvgIpc) is 2.45. The fourth-order valence-corrected chi connectivity index (χ4v) is 2.53. The number of primary amides is 1. The lowest BCUT2D eigenvalue weighted by molar-refractivity contribution is -0.131. The Morgan fingerprint density at radius 3 is 2.57 bits per heavy atom. The highest BCUT2D eigenvalue weighted by Crippen LogP contribution is 2.28. The summed E-state index contributed by atoms with van der Waals surface area (Å²) in [6, 6.07) is 4.62. The zero-order valence-corrected chi connectivity index (χ0v) is 11.5. The zero-order valence-electron chi connectivity index (χ0n) is 11.5. The van der Waals surface area contributed by atoms with Crippen molar-refractivity contribution in [2.75, 3.05) is 18.0 Å². The molecule has 21 heavy (non-hydrogen) atoms. The summed E-state index contributed by atoms with van der Waals surface area (Å²) < 4.78 is 13.9. The molecule has 0 bridgehead atoms. The molecular weight excluding hydrogens is 275 g/mol. The first-order valence-corrected chi connectivity index (χ1v) is 6.73. The third kappa shape index (κ3) is 3.59. The number of carboxylic acids is 1. The van der Waals surface area contributed by atoms with Crippen molar-refractivity contribution in [2.24, 2.45) is 11.7 Å². The summed E-state index contributed by atoms with van der Waals surface area (Å²) in [5.41, 5.74) is 6.17. The molecular formula is C15H17FN2O3. The van der Waals surface area contributed by atoms with E-state index < -0.39 is 11.8 Å². The summed E-state index contributed by atoms with van der Waals surface area (Å²) >= 11 is 0. The van der Waals surface area contributed by atoms with Crippen LogP contribution in [0, 0.1) is 11.7 Å². The van der Waals surface area contributed by atoms with E-state index in [-0.39, 0.29) is 17.4 Å². The summed E-state index contributed by atoms with van der Waals surface area (Å²) in [4.78, 5) is 23.7. The number of halogens is 1. The maximum Gasteiger partial charge on any atom is 0.328 e. The Kier molecular flexibility index (Phi) is 4.57. The molecule has 1 saturated heterocycles. The van der Waals surface area contributed by atoms with Gasteiger partial charge in [-0.2, -0.15) is 0 Å². The van der Waals surface area contributed by atoms with E-state index in [2.05, 4.69) is 0 Å². The number of rotatable bonds is 4. The van der Waals surface area contributed by atoms with E-state index >= 15 is 0 Å². The fourth-order valence-electron chi connectivity index (χ4n) is 2.53. The molecule has 0 radical (unpaired) electrons. The molecule has 1 aromatic carbocycles. The van der Waals surface area contributed by atoms with Crippen molar-refractivity contribution in [2.45, 2.75) is 12.8 Å². The van der Waals surface area contributed by atoms with Gasteiger partial charge in [-0.15, -0.1) is 0 Å². The normalized spacial score (nSPS) is 16.3. The van der Waals surface area contributed by atoms with Crippen LogP contribution in [0.15, 0.2) is 24.3 Å². The molecule has 0 atom stereocenters. The Bertz CT molecular complexity index is 578. The van der Waals surface area contributed by atoms with Gasteiger partial charge < -0.3 is 15.7 Å². The topological polar surface area (TPSA) is 83.6 Å². The van der Waals surface area contributed by atoms with Crippen LogP contribution in [0.3, 0.4) is 0 Å². The predicted molar refractivity (Wildman–Crippen MR) is 77.2 cm³/mol. The summed E-state index contributed by atoms with van der Waals surface area (Å²) in [5, 5.41) is 8.69. The third-order valence-electron chi connectivity index (χ3n) is 3.66. The second-order valence-electron chi connectivity index (χ2n) is 5.01. The van der Waals surface area contributed by atoms with Crippen LogP contribution >= 0.6 is 0 Å². The number of hydrogen-bond acceptors (Lipinski definition) is 3. The van der Waals surface area contributed by atoms with E-state index in [0.717, 1.165) is 6.08 Å². The standard InChI is InChI=1S/C15H17FN2O3/c16-12-2-1-3-13(11(12)4-5-14(19)20)18-8-6-10(7-9-18)15(17)21/h1-5,10H,6-9H2,(H2,17,21)(H,19,20)/b5-4+. The minimum absolute atomic E-state index is 0.146. The number of amides is 1. The Hall–Kier alpha value is -2.37. The van der Waals surface area contributed by atoms with Crippen molar-refractivity contribution in [3.63, 3.8) is 0 Å². The van der Waals surface area contributed by atoms with Crippen LogP contribution in [0.25, 0.3) is 6.08 Å². The Labute approximate surface area is 121 Å². The largest absolute Gasteiger partial charge is 0.478 e. The van der Waals surface area contributed by atoms with Crippen molar-refractivity contribution in [1.29, 1.82) is 0 Å². The summed E-state index contributed by atoms with van der Waals surface area (Å²) in [7, 11) is 0. The maximum absolute atomic E-state index is 13.9. The highest BCUT2D eigenvalue weighted by atomic mass is 19.1. The molecule has 1 heterocycles. The number of anilines is 1. The molecule has 1 fully saturated rings. The fraction of sp³-hybridized carbons (Fsp3) is 0.333. The van der Waals surface area contributed by atoms with E-state index in [1.807, 2.05) is 4.90 Å². The number of benzene rings is 1. The quantitative estimate of drug-likeness (QED) is 0.826. The van der Waals surface area contributed by atoms with Crippen LogP contribution in [0.5, 0.6) is 0 Å². The molecule has 1 aromatic rings. The van der Waals surface area contributed by atoms with Crippen LogP contribution in [-0.4, -0.2) is 30.1 Å². The molecule has 6 heteroatoms. The van der Waals surface area contributed by atoms with Gasteiger partial charge in [-0.05, 0) is 31.1 Å². The molecule has 5 nitrogen and oxygen atoms in total. The Morgan fingerprint density at radius 1 is 1.33 bits per heavy atom. The van der Waals surface area contributed by atoms with Crippen LogP contribution in [-0.2, 0) is 9.59 Å². The van der Waals surface area contributed by atoms with Crippen molar-refractivity contribution >= 4 is 23.6 Å². The van der Waals surface area contributed by atoms with Crippen molar-refractivity contribution < 1.29 is 19.1 Å². The second-order valence-corrected chi connectivity index (χ2v) is 5.01. The molecule has 0 spiro atoms. The molecule has 0 aliphatic carbocycles. The molecule has 2 rings (SSSR count). The highest BCUT2D eigenvalue weighted by molar-refractivity contribution is 5.87. The van der Waals surface area contributed by atoms with E-state index in [9.17, 15) is 14.0 Å². The Morgan fingerprint density at radius 2 is 2.00 bits per heavy atom. The first-order valence-electron chi connectivity index (χ1n) is 6.73. The molecule has 1 amide bonds. The number of nitrogens with zero attached hydrogens (tertiary/aromatic N) is 1. The van der Waals surface area contributed by atoms with Gasteiger partial charge in [0.1, 0.15) is 5.82 Å². The number of hydrogen-bond donors (Lipinski definition) is 2. The number of piperidine rings is 1. The van der Waals surface area contributed by atoms with Crippen molar-refractivity contribution in [3.8, 4) is 0 Å². The van der Waals surface area contributed by atoms with Crippen LogP contribution in [0.4, 0.5) is 10.1 Å². The van der Waals surface area contributed by atoms with Gasteiger partial charge in [0, 0.05) is 36.3 Å². The average molecular weight is 292 g/mol. The summed E-state index contributed by atoms with van der Waals surface area (Å²) in [5.74, 6) is -2.05.